The van der Waals surface area contributed by atoms with Gasteiger partial charge >= 0.3 is 5.97 Å². The Morgan fingerprint density at radius 1 is 1.20 bits per heavy atom. The quantitative estimate of drug-likeness (QED) is 0.829. The van der Waals surface area contributed by atoms with Crippen LogP contribution in [0, 0.1) is 5.92 Å². The number of aliphatic hydroxyl groups is 1. The Morgan fingerprint density at radius 2 is 1.96 bits per heavy atom. The van der Waals surface area contributed by atoms with Gasteiger partial charge in [-0.2, -0.15) is 0 Å². The van der Waals surface area contributed by atoms with Gasteiger partial charge < -0.3 is 9.84 Å². The van der Waals surface area contributed by atoms with E-state index >= 15 is 0 Å². The maximum absolute atomic E-state index is 13.2. The number of hydrogen-bond acceptors (Lipinski definition) is 5. The van der Waals surface area contributed by atoms with Crippen LogP contribution < -0.4 is 0 Å². The van der Waals surface area contributed by atoms with Crippen LogP contribution in [-0.4, -0.2) is 41.2 Å². The van der Waals surface area contributed by atoms with Gasteiger partial charge in [0, 0.05) is 22.9 Å². The highest BCUT2D eigenvalue weighted by atomic mass is 32.1. The lowest BCUT2D eigenvalue weighted by Gasteiger charge is -2.40. The predicted octanol–water partition coefficient (Wildman–Crippen LogP) is 3.68. The third kappa shape index (κ3) is 3.04. The molecule has 5 heteroatoms. The molecule has 2 bridgehead atoms. The number of carbonyl (C=O) groups is 1. The van der Waals surface area contributed by atoms with E-state index < -0.39 is 11.6 Å². The highest BCUT2D eigenvalue weighted by Crippen LogP contribution is 2.43. The summed E-state index contributed by atoms with van der Waals surface area (Å²) >= 11 is 1.47. The van der Waals surface area contributed by atoms with Gasteiger partial charge in [0.1, 0.15) is 6.10 Å². The predicted molar refractivity (Wildman–Crippen MR) is 98.5 cm³/mol. The first kappa shape index (κ1) is 17.5. The molecule has 4 rings (SSSR count). The zero-order valence-corrected chi connectivity index (χ0v) is 15.8. The van der Waals surface area contributed by atoms with E-state index in [0.717, 1.165) is 49.8 Å². The van der Waals surface area contributed by atoms with E-state index in [0.29, 0.717) is 12.1 Å². The van der Waals surface area contributed by atoms with Crippen molar-refractivity contribution in [2.45, 2.75) is 81.6 Å². The largest absolute Gasteiger partial charge is 0.458 e. The van der Waals surface area contributed by atoms with Crippen LogP contribution in [0.25, 0.3) is 0 Å². The molecule has 4 atom stereocenters. The second-order valence-corrected chi connectivity index (χ2v) is 9.01. The van der Waals surface area contributed by atoms with E-state index in [-0.39, 0.29) is 12.0 Å². The number of rotatable bonds is 4. The van der Waals surface area contributed by atoms with Gasteiger partial charge in [-0.1, -0.05) is 25.3 Å². The summed E-state index contributed by atoms with van der Waals surface area (Å²) in [5, 5.41) is 13.5. The molecule has 1 aromatic heterocycles. The summed E-state index contributed by atoms with van der Waals surface area (Å²) in [6.07, 6.45) is 9.41. The van der Waals surface area contributed by atoms with Crippen LogP contribution in [0.15, 0.2) is 17.5 Å². The fourth-order valence-electron chi connectivity index (χ4n) is 5.24. The van der Waals surface area contributed by atoms with Crippen molar-refractivity contribution >= 4 is 17.3 Å². The average molecular weight is 364 g/mol. The Bertz CT molecular complexity index is 598. The van der Waals surface area contributed by atoms with Gasteiger partial charge in [-0.3, -0.25) is 4.90 Å². The lowest BCUT2D eigenvalue weighted by molar-refractivity contribution is -0.185. The van der Waals surface area contributed by atoms with Gasteiger partial charge in [0.2, 0.25) is 0 Å². The molecular weight excluding hydrogens is 334 g/mol. The average Bonchev–Trinajstić information content (AvgIpc) is 3.24. The Kier molecular flexibility index (Phi) is 4.91. The second kappa shape index (κ2) is 7.01. The minimum Gasteiger partial charge on any atom is -0.458 e. The van der Waals surface area contributed by atoms with Crippen molar-refractivity contribution in [1.82, 2.24) is 4.90 Å². The lowest BCUT2D eigenvalue weighted by atomic mass is 9.76. The third-order valence-corrected chi connectivity index (χ3v) is 7.77. The van der Waals surface area contributed by atoms with Crippen molar-refractivity contribution in [2.75, 3.05) is 7.05 Å². The van der Waals surface area contributed by atoms with E-state index in [1.54, 1.807) is 0 Å². The van der Waals surface area contributed by atoms with E-state index in [9.17, 15) is 9.90 Å². The maximum atomic E-state index is 13.2. The van der Waals surface area contributed by atoms with Crippen LogP contribution in [0.5, 0.6) is 0 Å². The van der Waals surface area contributed by atoms with E-state index in [2.05, 4.69) is 11.9 Å². The first-order valence-electron chi connectivity index (χ1n) is 9.80. The van der Waals surface area contributed by atoms with Crippen LogP contribution in [0.1, 0.15) is 62.7 Å². The van der Waals surface area contributed by atoms with Crippen LogP contribution in [0.2, 0.25) is 0 Å². The lowest BCUT2D eigenvalue weighted by Crippen LogP contribution is -2.51. The first-order valence-corrected chi connectivity index (χ1v) is 10.7. The SMILES string of the molecule is CN1[C@@H]2CC[C@H](OC(=O)[C@](O)(c3cccs3)C3CCCCC3)[C@H]1CC2. The molecule has 0 aromatic carbocycles. The molecule has 0 amide bonds. The molecule has 1 N–H and O–H groups in total. The maximum Gasteiger partial charge on any atom is 0.344 e. The fraction of sp³-hybridized carbons (Fsp3) is 0.750. The number of piperidine rings is 1. The summed E-state index contributed by atoms with van der Waals surface area (Å²) in [5.41, 5.74) is -1.47. The number of likely N-dealkylation sites (N-methyl/N-ethyl adjacent to an activating group) is 1. The van der Waals surface area contributed by atoms with Crippen molar-refractivity contribution in [1.29, 1.82) is 0 Å². The Morgan fingerprint density at radius 3 is 2.68 bits per heavy atom. The summed E-state index contributed by atoms with van der Waals surface area (Å²) in [6.45, 7) is 0. The van der Waals surface area contributed by atoms with Gasteiger partial charge in [-0.25, -0.2) is 4.79 Å². The smallest absolute Gasteiger partial charge is 0.344 e. The molecule has 25 heavy (non-hydrogen) atoms. The van der Waals surface area contributed by atoms with E-state index in [1.165, 1.54) is 24.2 Å². The summed E-state index contributed by atoms with van der Waals surface area (Å²) in [5.74, 6) is -0.435. The molecule has 1 saturated carbocycles. The van der Waals surface area contributed by atoms with Crippen molar-refractivity contribution in [3.63, 3.8) is 0 Å². The molecule has 3 aliphatic rings. The van der Waals surface area contributed by atoms with Crippen molar-refractivity contribution in [2.24, 2.45) is 5.92 Å². The molecule has 1 aliphatic carbocycles. The van der Waals surface area contributed by atoms with Crippen LogP contribution >= 0.6 is 11.3 Å². The summed E-state index contributed by atoms with van der Waals surface area (Å²) < 4.78 is 6.01. The summed E-state index contributed by atoms with van der Waals surface area (Å²) in [7, 11) is 2.15. The molecular formula is C20H29NO3S. The van der Waals surface area contributed by atoms with Gasteiger partial charge in [0.15, 0.2) is 5.60 Å². The molecule has 2 saturated heterocycles. The van der Waals surface area contributed by atoms with E-state index in [1.807, 2.05) is 17.5 Å². The summed E-state index contributed by atoms with van der Waals surface area (Å²) in [4.78, 5) is 16.4. The van der Waals surface area contributed by atoms with Crippen molar-refractivity contribution < 1.29 is 14.6 Å². The number of ether oxygens (including phenoxy) is 1. The summed E-state index contributed by atoms with van der Waals surface area (Å²) in [6, 6.07) is 4.77. The molecule has 0 unspecified atom stereocenters. The highest BCUT2D eigenvalue weighted by molar-refractivity contribution is 7.10. The number of nitrogens with zero attached hydrogens (tertiary/aromatic N) is 1. The van der Waals surface area contributed by atoms with Crippen LogP contribution in [0.4, 0.5) is 0 Å². The number of esters is 1. The molecule has 3 fully saturated rings. The Hall–Kier alpha value is -0.910. The normalized spacial score (nSPS) is 33.1. The minimum absolute atomic E-state index is 0.0231. The Balaban J connectivity index is 1.56. The van der Waals surface area contributed by atoms with Crippen molar-refractivity contribution in [3.8, 4) is 0 Å². The van der Waals surface area contributed by atoms with Gasteiger partial charge in [-0.05, 0) is 57.0 Å². The second-order valence-electron chi connectivity index (χ2n) is 8.06. The van der Waals surface area contributed by atoms with Gasteiger partial charge in [0.25, 0.3) is 0 Å². The minimum atomic E-state index is -1.47. The molecule has 0 radical (unpaired) electrons. The molecule has 138 valence electrons. The van der Waals surface area contributed by atoms with Crippen LogP contribution in [0.3, 0.4) is 0 Å². The zero-order chi connectivity index (χ0) is 17.4. The van der Waals surface area contributed by atoms with Gasteiger partial charge in [-0.15, -0.1) is 11.3 Å². The molecule has 2 aliphatic heterocycles. The van der Waals surface area contributed by atoms with Gasteiger partial charge in [0.05, 0.1) is 0 Å². The molecule has 4 nitrogen and oxygen atoms in total. The monoisotopic (exact) mass is 363 g/mol. The first-order chi connectivity index (χ1) is 12.1. The standard InChI is InChI=1S/C20H29NO3S/c1-21-15-9-11-16(21)17(12-10-15)24-19(22)20(23,18-8-5-13-25-18)14-6-3-2-4-7-14/h5,8,13-17,23H,2-4,6-7,9-12H2,1H3/t15-,16+,17-,20+/m0/s1. The zero-order valence-electron chi connectivity index (χ0n) is 15.0. The third-order valence-electron chi connectivity index (χ3n) is 6.77. The number of fused-ring (bicyclic) bond motifs is 2. The number of carbonyl (C=O) groups excluding carboxylic acids is 1. The Labute approximate surface area is 154 Å². The number of hydrogen-bond donors (Lipinski definition) is 1. The molecule has 3 heterocycles. The number of thiophene rings is 1. The molecule has 1 aromatic rings. The highest BCUT2D eigenvalue weighted by Gasteiger charge is 2.50. The van der Waals surface area contributed by atoms with E-state index in [4.69, 9.17) is 4.74 Å². The van der Waals surface area contributed by atoms with Crippen LogP contribution in [-0.2, 0) is 15.1 Å². The topological polar surface area (TPSA) is 49.8 Å². The fourth-order valence-corrected chi connectivity index (χ4v) is 6.13. The molecule has 0 spiro atoms. The van der Waals surface area contributed by atoms with Crippen molar-refractivity contribution in [3.05, 3.63) is 22.4 Å².